The monoisotopic (exact) mass is 231 g/mol. The molecule has 1 aromatic rings. The lowest BCUT2D eigenvalue weighted by Gasteiger charge is -2.40. The summed E-state index contributed by atoms with van der Waals surface area (Å²) in [4.78, 5) is 0. The predicted molar refractivity (Wildman–Crippen MR) is 69.0 cm³/mol. The number of nitrogens with one attached hydrogen (secondary N) is 1. The Kier molecular flexibility index (Phi) is 2.72. The normalized spacial score (nSPS) is 36.1. The van der Waals surface area contributed by atoms with E-state index in [0.717, 1.165) is 12.8 Å². The van der Waals surface area contributed by atoms with E-state index in [2.05, 4.69) is 36.5 Å². The van der Waals surface area contributed by atoms with Gasteiger partial charge in [-0.25, -0.2) is 0 Å². The largest absolute Gasteiger partial charge is 0.373 e. The molecule has 1 aromatic carbocycles. The number of aryl methyl sites for hydroxylation is 1. The van der Waals surface area contributed by atoms with Crippen LogP contribution >= 0.6 is 0 Å². The zero-order valence-corrected chi connectivity index (χ0v) is 10.7. The molecule has 0 amide bonds. The molecule has 1 N–H and O–H groups in total. The third kappa shape index (κ3) is 1.90. The van der Waals surface area contributed by atoms with Crippen molar-refractivity contribution in [2.75, 3.05) is 7.11 Å². The standard InChI is InChI=1S/C15H21NO/c1-11-3-5-12(6-4-11)15(17-2)9-13-7-8-14(10-15)16-13/h3-6,13-14,16H,7-10H2,1-2H3. The summed E-state index contributed by atoms with van der Waals surface area (Å²) in [6.07, 6.45) is 4.84. The van der Waals surface area contributed by atoms with Gasteiger partial charge < -0.3 is 10.1 Å². The maximum Gasteiger partial charge on any atom is 0.0957 e. The molecular formula is C15H21NO. The second-order valence-electron chi connectivity index (χ2n) is 5.61. The van der Waals surface area contributed by atoms with Crippen LogP contribution < -0.4 is 5.32 Å². The van der Waals surface area contributed by atoms with Gasteiger partial charge in [-0.15, -0.1) is 0 Å². The van der Waals surface area contributed by atoms with Crippen molar-refractivity contribution >= 4 is 0 Å². The molecule has 0 aliphatic carbocycles. The van der Waals surface area contributed by atoms with Gasteiger partial charge in [0, 0.05) is 19.2 Å². The maximum absolute atomic E-state index is 5.95. The number of ether oxygens (including phenoxy) is 1. The first-order chi connectivity index (χ1) is 8.22. The fourth-order valence-electron chi connectivity index (χ4n) is 3.48. The van der Waals surface area contributed by atoms with Crippen molar-refractivity contribution in [3.05, 3.63) is 35.4 Å². The van der Waals surface area contributed by atoms with Crippen LogP contribution in [0.15, 0.2) is 24.3 Å². The summed E-state index contributed by atoms with van der Waals surface area (Å²) in [7, 11) is 1.87. The highest BCUT2D eigenvalue weighted by Gasteiger charge is 2.44. The SMILES string of the molecule is COC1(c2ccc(C)cc2)CC2CCC(C1)N2. The van der Waals surface area contributed by atoms with Gasteiger partial charge in [-0.1, -0.05) is 29.8 Å². The number of methoxy groups -OCH3 is 1. The molecule has 17 heavy (non-hydrogen) atoms. The molecule has 2 aliphatic heterocycles. The van der Waals surface area contributed by atoms with Gasteiger partial charge in [0.1, 0.15) is 0 Å². The summed E-state index contributed by atoms with van der Waals surface area (Å²) < 4.78 is 5.95. The predicted octanol–water partition coefficient (Wildman–Crippen LogP) is 2.75. The summed E-state index contributed by atoms with van der Waals surface area (Å²) >= 11 is 0. The van der Waals surface area contributed by atoms with Gasteiger partial charge in [0.05, 0.1) is 5.60 Å². The summed E-state index contributed by atoms with van der Waals surface area (Å²) in [5, 5.41) is 3.68. The number of fused-ring (bicyclic) bond motifs is 2. The van der Waals surface area contributed by atoms with E-state index in [0.29, 0.717) is 12.1 Å². The second-order valence-corrected chi connectivity index (χ2v) is 5.61. The third-order valence-electron chi connectivity index (χ3n) is 4.46. The second kappa shape index (κ2) is 4.11. The van der Waals surface area contributed by atoms with Gasteiger partial charge in [0.15, 0.2) is 0 Å². The molecule has 2 fully saturated rings. The van der Waals surface area contributed by atoms with E-state index in [1.165, 1.54) is 24.0 Å². The first-order valence-corrected chi connectivity index (χ1v) is 6.60. The molecule has 2 atom stereocenters. The van der Waals surface area contributed by atoms with Gasteiger partial charge in [-0.3, -0.25) is 0 Å². The summed E-state index contributed by atoms with van der Waals surface area (Å²) in [5.74, 6) is 0. The number of rotatable bonds is 2. The van der Waals surface area contributed by atoms with E-state index in [1.54, 1.807) is 0 Å². The Morgan fingerprint density at radius 1 is 1.12 bits per heavy atom. The average Bonchev–Trinajstić information content (AvgIpc) is 2.69. The summed E-state index contributed by atoms with van der Waals surface area (Å²) in [6.45, 7) is 2.13. The van der Waals surface area contributed by atoms with Crippen molar-refractivity contribution in [2.24, 2.45) is 0 Å². The van der Waals surface area contributed by atoms with Crippen LogP contribution in [0.2, 0.25) is 0 Å². The van der Waals surface area contributed by atoms with Crippen LogP contribution in [0, 0.1) is 6.92 Å². The Morgan fingerprint density at radius 3 is 2.24 bits per heavy atom. The first-order valence-electron chi connectivity index (χ1n) is 6.60. The van der Waals surface area contributed by atoms with E-state index >= 15 is 0 Å². The van der Waals surface area contributed by atoms with Crippen molar-refractivity contribution < 1.29 is 4.74 Å². The van der Waals surface area contributed by atoms with Gasteiger partial charge in [0.2, 0.25) is 0 Å². The van der Waals surface area contributed by atoms with Gasteiger partial charge in [-0.2, -0.15) is 0 Å². The van der Waals surface area contributed by atoms with E-state index in [-0.39, 0.29) is 5.60 Å². The van der Waals surface area contributed by atoms with Crippen molar-refractivity contribution in [2.45, 2.75) is 50.3 Å². The molecule has 0 radical (unpaired) electrons. The van der Waals surface area contributed by atoms with Crippen LogP contribution in [-0.4, -0.2) is 19.2 Å². The van der Waals surface area contributed by atoms with Gasteiger partial charge in [0.25, 0.3) is 0 Å². The lowest BCUT2D eigenvalue weighted by Crippen LogP contribution is -2.47. The lowest BCUT2D eigenvalue weighted by molar-refractivity contribution is -0.0527. The Hall–Kier alpha value is -0.860. The minimum atomic E-state index is -0.0508. The van der Waals surface area contributed by atoms with E-state index < -0.39 is 0 Å². The highest BCUT2D eigenvalue weighted by atomic mass is 16.5. The minimum Gasteiger partial charge on any atom is -0.373 e. The smallest absolute Gasteiger partial charge is 0.0957 e. The van der Waals surface area contributed by atoms with Crippen LogP contribution in [0.4, 0.5) is 0 Å². The van der Waals surface area contributed by atoms with Gasteiger partial charge >= 0.3 is 0 Å². The third-order valence-corrected chi connectivity index (χ3v) is 4.46. The van der Waals surface area contributed by atoms with Crippen molar-refractivity contribution in [1.29, 1.82) is 0 Å². The number of hydrogen-bond acceptors (Lipinski definition) is 2. The Bertz CT molecular complexity index is 386. The zero-order chi connectivity index (χ0) is 11.9. The quantitative estimate of drug-likeness (QED) is 0.845. The molecule has 2 bridgehead atoms. The van der Waals surface area contributed by atoms with E-state index in [1.807, 2.05) is 7.11 Å². The highest BCUT2D eigenvalue weighted by Crippen LogP contribution is 2.43. The maximum atomic E-state index is 5.95. The zero-order valence-electron chi connectivity index (χ0n) is 10.7. The molecule has 2 unspecified atom stereocenters. The van der Waals surface area contributed by atoms with Crippen molar-refractivity contribution in [1.82, 2.24) is 5.32 Å². The number of hydrogen-bond donors (Lipinski definition) is 1. The number of benzene rings is 1. The molecule has 3 rings (SSSR count). The van der Waals surface area contributed by atoms with E-state index in [4.69, 9.17) is 4.74 Å². The van der Waals surface area contributed by atoms with Crippen LogP contribution in [0.3, 0.4) is 0 Å². The molecule has 92 valence electrons. The Labute approximate surface area is 103 Å². The van der Waals surface area contributed by atoms with Gasteiger partial charge in [-0.05, 0) is 38.2 Å². The number of piperidine rings is 1. The molecule has 2 heteroatoms. The van der Waals surface area contributed by atoms with Crippen LogP contribution in [-0.2, 0) is 10.3 Å². The first kappa shape index (κ1) is 11.2. The fourth-order valence-corrected chi connectivity index (χ4v) is 3.48. The Balaban J connectivity index is 1.94. The van der Waals surface area contributed by atoms with Crippen molar-refractivity contribution in [3.8, 4) is 0 Å². The van der Waals surface area contributed by atoms with Crippen LogP contribution in [0.5, 0.6) is 0 Å². The molecular weight excluding hydrogens is 210 g/mol. The summed E-state index contributed by atoms with van der Waals surface area (Å²) in [6, 6.07) is 10.2. The topological polar surface area (TPSA) is 21.3 Å². The molecule has 2 heterocycles. The highest BCUT2D eigenvalue weighted by molar-refractivity contribution is 5.28. The van der Waals surface area contributed by atoms with E-state index in [9.17, 15) is 0 Å². The molecule has 2 saturated heterocycles. The van der Waals surface area contributed by atoms with Crippen LogP contribution in [0.25, 0.3) is 0 Å². The molecule has 0 spiro atoms. The summed E-state index contributed by atoms with van der Waals surface area (Å²) in [5.41, 5.74) is 2.62. The molecule has 2 aliphatic rings. The molecule has 2 nitrogen and oxygen atoms in total. The van der Waals surface area contributed by atoms with Crippen molar-refractivity contribution in [3.63, 3.8) is 0 Å². The Morgan fingerprint density at radius 2 is 1.71 bits per heavy atom. The average molecular weight is 231 g/mol. The lowest BCUT2D eigenvalue weighted by atomic mass is 9.81. The molecule has 0 aromatic heterocycles. The minimum absolute atomic E-state index is 0.0508. The fraction of sp³-hybridized carbons (Fsp3) is 0.600. The van der Waals surface area contributed by atoms with Crippen LogP contribution in [0.1, 0.15) is 36.8 Å². The molecule has 0 saturated carbocycles.